The van der Waals surface area contributed by atoms with E-state index >= 15 is 0 Å². The highest BCUT2D eigenvalue weighted by Crippen LogP contribution is 2.18. The predicted molar refractivity (Wildman–Crippen MR) is 290 cm³/mol. The van der Waals surface area contributed by atoms with E-state index in [1.54, 1.807) is 0 Å². The molecule has 2 atom stereocenters. The van der Waals surface area contributed by atoms with Crippen molar-refractivity contribution in [2.24, 2.45) is 0 Å². The van der Waals surface area contributed by atoms with Gasteiger partial charge in [0.05, 0.1) is 18.8 Å². The summed E-state index contributed by atoms with van der Waals surface area (Å²) in [6, 6.07) is -0.547. The van der Waals surface area contributed by atoms with Crippen molar-refractivity contribution >= 4 is 5.91 Å². The minimum absolute atomic E-state index is 0.0408. The highest BCUT2D eigenvalue weighted by molar-refractivity contribution is 5.76. The second-order valence-corrected chi connectivity index (χ2v) is 19.7. The molecular weight excluding hydrogens is 795 g/mol. The van der Waals surface area contributed by atoms with Gasteiger partial charge < -0.3 is 15.5 Å². The maximum Gasteiger partial charge on any atom is 0.220 e. The zero-order valence-corrected chi connectivity index (χ0v) is 43.8. The second kappa shape index (κ2) is 56.4. The molecule has 380 valence electrons. The van der Waals surface area contributed by atoms with Crippen LogP contribution in [0.15, 0.2) is 60.8 Å². The van der Waals surface area contributed by atoms with E-state index in [1.807, 2.05) is 0 Å². The van der Waals surface area contributed by atoms with Crippen molar-refractivity contribution in [3.63, 3.8) is 0 Å². The third-order valence-corrected chi connectivity index (χ3v) is 13.3. The maximum atomic E-state index is 12.5. The SMILES string of the molecule is CC/C=C\C/C=C\C/C=C\C/C=C\C/C=C\CCCCCCCCCC(=O)NC(CO)C(O)CCCCCCCCCCCCCCCCCCCCCCCCCCCCCCCC. The van der Waals surface area contributed by atoms with Crippen molar-refractivity contribution in [3.8, 4) is 0 Å². The monoisotopic (exact) mass is 908 g/mol. The van der Waals surface area contributed by atoms with Crippen LogP contribution in [-0.4, -0.2) is 34.9 Å². The minimum Gasteiger partial charge on any atom is -0.394 e. The molecule has 0 radical (unpaired) electrons. The Morgan fingerprint density at radius 3 is 1.02 bits per heavy atom. The van der Waals surface area contributed by atoms with Gasteiger partial charge in [-0.2, -0.15) is 0 Å². The molecule has 0 aromatic rings. The van der Waals surface area contributed by atoms with Crippen LogP contribution < -0.4 is 5.32 Å². The van der Waals surface area contributed by atoms with E-state index in [-0.39, 0.29) is 12.5 Å². The summed E-state index contributed by atoms with van der Waals surface area (Å²) in [6.07, 6.45) is 79.3. The quantitative estimate of drug-likeness (QED) is 0.0421. The number of amides is 1. The first-order valence-corrected chi connectivity index (χ1v) is 29.0. The molecule has 0 aromatic heterocycles. The minimum atomic E-state index is -0.669. The van der Waals surface area contributed by atoms with Gasteiger partial charge in [0.1, 0.15) is 0 Å². The van der Waals surface area contributed by atoms with E-state index in [9.17, 15) is 15.0 Å². The van der Waals surface area contributed by atoms with Gasteiger partial charge in [-0.3, -0.25) is 4.79 Å². The molecule has 0 saturated heterocycles. The molecule has 2 unspecified atom stereocenters. The van der Waals surface area contributed by atoms with Crippen LogP contribution >= 0.6 is 0 Å². The van der Waals surface area contributed by atoms with Crippen LogP contribution in [0.3, 0.4) is 0 Å². The van der Waals surface area contributed by atoms with Gasteiger partial charge in [-0.05, 0) is 57.8 Å². The number of allylic oxidation sites excluding steroid dienone is 10. The molecule has 0 aliphatic carbocycles. The highest BCUT2D eigenvalue weighted by Gasteiger charge is 2.20. The van der Waals surface area contributed by atoms with E-state index in [0.717, 1.165) is 64.2 Å². The normalized spacial score (nSPS) is 13.2. The molecule has 4 heteroatoms. The van der Waals surface area contributed by atoms with Crippen molar-refractivity contribution in [2.45, 2.75) is 315 Å². The summed E-state index contributed by atoms with van der Waals surface area (Å²) in [4.78, 5) is 12.5. The van der Waals surface area contributed by atoms with Gasteiger partial charge in [0.2, 0.25) is 5.91 Å². The Morgan fingerprint density at radius 2 is 0.677 bits per heavy atom. The Balaban J connectivity index is 3.47. The summed E-state index contributed by atoms with van der Waals surface area (Å²) in [5.41, 5.74) is 0. The van der Waals surface area contributed by atoms with Crippen molar-refractivity contribution in [3.05, 3.63) is 60.8 Å². The summed E-state index contributed by atoms with van der Waals surface area (Å²) < 4.78 is 0. The lowest BCUT2D eigenvalue weighted by Gasteiger charge is -2.22. The molecule has 65 heavy (non-hydrogen) atoms. The number of carbonyl (C=O) groups is 1. The zero-order valence-electron chi connectivity index (χ0n) is 43.8. The summed E-state index contributed by atoms with van der Waals surface area (Å²) in [5.74, 6) is -0.0408. The number of aliphatic hydroxyl groups is 2. The first-order chi connectivity index (χ1) is 32.2. The van der Waals surface area contributed by atoms with E-state index in [2.05, 4.69) is 79.9 Å². The van der Waals surface area contributed by atoms with Crippen LogP contribution in [0.25, 0.3) is 0 Å². The first-order valence-electron chi connectivity index (χ1n) is 29.0. The second-order valence-electron chi connectivity index (χ2n) is 19.7. The van der Waals surface area contributed by atoms with Gasteiger partial charge in [-0.1, -0.05) is 299 Å². The van der Waals surface area contributed by atoms with Gasteiger partial charge in [0.25, 0.3) is 0 Å². The van der Waals surface area contributed by atoms with Gasteiger partial charge in [0.15, 0.2) is 0 Å². The Labute approximate surface area is 406 Å². The standard InChI is InChI=1S/C61H113NO3/c1-3-5-7-9-11-13-15-17-19-21-23-25-27-28-29-30-31-32-33-35-36-38-40-42-44-46-48-50-52-54-56-60(64)59(58-63)62-61(65)57-55-53-51-49-47-45-43-41-39-37-34-26-24-22-20-18-16-14-12-10-8-6-4-2/h6,8,12,14,18,20,24,26,37,39,59-60,63-64H,3-5,7,9-11,13,15-17,19,21-23,25,27-36,38,40-58H2,1-2H3,(H,62,65)/b8-6-,14-12-,20-18-,26-24-,39-37-. The van der Waals surface area contributed by atoms with E-state index in [0.29, 0.717) is 12.8 Å². The van der Waals surface area contributed by atoms with Gasteiger partial charge in [-0.15, -0.1) is 0 Å². The van der Waals surface area contributed by atoms with Gasteiger partial charge >= 0.3 is 0 Å². The Hall–Kier alpha value is -1.91. The fourth-order valence-electron chi connectivity index (χ4n) is 8.92. The molecule has 0 bridgehead atoms. The average molecular weight is 909 g/mol. The average Bonchev–Trinajstić information content (AvgIpc) is 3.31. The van der Waals surface area contributed by atoms with Crippen LogP contribution in [0, 0.1) is 0 Å². The fourth-order valence-corrected chi connectivity index (χ4v) is 8.92. The van der Waals surface area contributed by atoms with Crippen molar-refractivity contribution in [1.29, 1.82) is 0 Å². The van der Waals surface area contributed by atoms with E-state index in [4.69, 9.17) is 0 Å². The van der Waals surface area contributed by atoms with Crippen LogP contribution in [-0.2, 0) is 4.79 Å². The molecule has 1 amide bonds. The Bertz CT molecular complexity index is 1070. The molecule has 0 spiro atoms. The maximum absolute atomic E-state index is 12.5. The third kappa shape index (κ3) is 52.9. The summed E-state index contributed by atoms with van der Waals surface area (Å²) in [7, 11) is 0. The molecule has 0 rings (SSSR count). The fraction of sp³-hybridized carbons (Fsp3) is 0.820. The highest BCUT2D eigenvalue weighted by atomic mass is 16.3. The van der Waals surface area contributed by atoms with Crippen LogP contribution in [0.2, 0.25) is 0 Å². The number of nitrogens with one attached hydrogen (secondary N) is 1. The molecular formula is C61H113NO3. The van der Waals surface area contributed by atoms with Crippen molar-refractivity contribution in [1.82, 2.24) is 5.32 Å². The third-order valence-electron chi connectivity index (χ3n) is 13.3. The lowest BCUT2D eigenvalue weighted by atomic mass is 10.0. The zero-order chi connectivity index (χ0) is 47.0. The predicted octanol–water partition coefficient (Wildman–Crippen LogP) is 19.2. The molecule has 0 heterocycles. The molecule has 3 N–H and O–H groups in total. The number of carbonyl (C=O) groups excluding carboxylic acids is 1. The summed E-state index contributed by atoms with van der Waals surface area (Å²) in [5, 5.41) is 23.4. The first kappa shape index (κ1) is 63.1. The molecule has 0 aromatic carbocycles. The Morgan fingerprint density at radius 1 is 0.385 bits per heavy atom. The summed E-state index contributed by atoms with van der Waals surface area (Å²) in [6.45, 7) is 4.26. The molecule has 0 saturated carbocycles. The number of hydrogen-bond donors (Lipinski definition) is 3. The van der Waals surface area contributed by atoms with Crippen molar-refractivity contribution in [2.75, 3.05) is 6.61 Å². The topological polar surface area (TPSA) is 69.6 Å². The number of unbranched alkanes of at least 4 members (excludes halogenated alkanes) is 36. The lowest BCUT2D eigenvalue weighted by molar-refractivity contribution is -0.123. The van der Waals surface area contributed by atoms with Crippen LogP contribution in [0.4, 0.5) is 0 Å². The van der Waals surface area contributed by atoms with Crippen molar-refractivity contribution < 1.29 is 15.0 Å². The number of aliphatic hydroxyl groups excluding tert-OH is 2. The summed E-state index contributed by atoms with van der Waals surface area (Å²) >= 11 is 0. The molecule has 4 nitrogen and oxygen atoms in total. The lowest BCUT2D eigenvalue weighted by Crippen LogP contribution is -2.45. The van der Waals surface area contributed by atoms with Gasteiger partial charge in [-0.25, -0.2) is 0 Å². The van der Waals surface area contributed by atoms with Gasteiger partial charge in [0, 0.05) is 6.42 Å². The molecule has 0 aliphatic heterocycles. The molecule has 0 aliphatic rings. The largest absolute Gasteiger partial charge is 0.394 e. The van der Waals surface area contributed by atoms with Crippen LogP contribution in [0.5, 0.6) is 0 Å². The number of rotatable bonds is 53. The Kier molecular flexibility index (Phi) is 54.8. The van der Waals surface area contributed by atoms with E-state index < -0.39 is 12.1 Å². The van der Waals surface area contributed by atoms with E-state index in [1.165, 1.54) is 212 Å². The number of hydrogen-bond acceptors (Lipinski definition) is 3. The smallest absolute Gasteiger partial charge is 0.220 e. The van der Waals surface area contributed by atoms with Crippen LogP contribution in [0.1, 0.15) is 303 Å². The molecule has 0 fully saturated rings.